The van der Waals surface area contributed by atoms with E-state index in [-0.39, 0.29) is 29.6 Å². The molecule has 1 N–H and O–H groups in total. The molecule has 3 aliphatic rings. The molecular weight excluding hydrogens is 373 g/mol. The molecule has 7 heteroatoms. The average molecular weight is 401 g/mol. The molecule has 0 radical (unpaired) electrons. The number of hydrogen-bond donors (Lipinski definition) is 1. The second kappa shape index (κ2) is 7.76. The smallest absolute Gasteiger partial charge is 0.325 e. The normalized spacial score (nSPS) is 25.4. The lowest BCUT2D eigenvalue weighted by Crippen LogP contribution is -2.58. The van der Waals surface area contributed by atoms with Gasteiger partial charge < -0.3 is 10.2 Å². The van der Waals surface area contributed by atoms with Crippen LogP contribution in [0.2, 0.25) is 0 Å². The Bertz CT molecular complexity index is 800. The Balaban J connectivity index is 1.59. The Morgan fingerprint density at radius 1 is 1.14 bits per heavy atom. The van der Waals surface area contributed by atoms with Crippen molar-refractivity contribution >= 4 is 17.8 Å². The van der Waals surface area contributed by atoms with Gasteiger partial charge in [-0.25, -0.2) is 9.18 Å². The van der Waals surface area contributed by atoms with E-state index < -0.39 is 5.54 Å². The van der Waals surface area contributed by atoms with E-state index in [1.807, 2.05) is 11.8 Å². The van der Waals surface area contributed by atoms with Crippen molar-refractivity contribution in [1.82, 2.24) is 15.1 Å². The van der Waals surface area contributed by atoms with Gasteiger partial charge in [0, 0.05) is 32.5 Å². The Morgan fingerprint density at radius 2 is 1.79 bits per heavy atom. The maximum Gasteiger partial charge on any atom is 0.325 e. The minimum absolute atomic E-state index is 0.0610. The van der Waals surface area contributed by atoms with Crippen LogP contribution in [-0.2, 0) is 16.0 Å². The predicted molar refractivity (Wildman–Crippen MR) is 105 cm³/mol. The Morgan fingerprint density at radius 3 is 2.38 bits per heavy atom. The first kappa shape index (κ1) is 19.9. The minimum atomic E-state index is -1.02. The molecule has 29 heavy (non-hydrogen) atoms. The molecule has 1 unspecified atom stereocenters. The highest BCUT2D eigenvalue weighted by molar-refractivity contribution is 6.07. The molecule has 1 aromatic rings. The van der Waals surface area contributed by atoms with Crippen LogP contribution in [0, 0.1) is 17.7 Å². The molecule has 1 saturated carbocycles. The van der Waals surface area contributed by atoms with Gasteiger partial charge in [0.1, 0.15) is 11.4 Å². The number of benzene rings is 1. The van der Waals surface area contributed by atoms with E-state index in [9.17, 15) is 18.8 Å². The monoisotopic (exact) mass is 401 g/mol. The third kappa shape index (κ3) is 3.87. The summed E-state index contributed by atoms with van der Waals surface area (Å²) in [6.07, 6.45) is 4.24. The zero-order valence-corrected chi connectivity index (χ0v) is 16.8. The Hall–Kier alpha value is -2.44. The van der Waals surface area contributed by atoms with Gasteiger partial charge in [-0.15, -0.1) is 0 Å². The van der Waals surface area contributed by atoms with Crippen molar-refractivity contribution in [2.75, 3.05) is 19.6 Å². The number of halogens is 1. The van der Waals surface area contributed by atoms with Gasteiger partial charge in [0.15, 0.2) is 0 Å². The molecule has 2 aliphatic heterocycles. The first-order valence-corrected chi connectivity index (χ1v) is 10.6. The molecule has 0 bridgehead atoms. The summed E-state index contributed by atoms with van der Waals surface area (Å²) < 4.78 is 13.4. The standard InChI is InChI=1S/C22H28FN3O3/c1-2-19(27)25-11-9-17(10-12-25)22(13-15-5-7-18(23)8-6-15)20(28)26(21(29)24-22)14-16-3-4-16/h5-8,16-17H,2-4,9-14H2,1H3,(H,24,29). The summed E-state index contributed by atoms with van der Waals surface area (Å²) in [4.78, 5) is 41.5. The number of hydrogen-bond acceptors (Lipinski definition) is 3. The topological polar surface area (TPSA) is 69.7 Å². The predicted octanol–water partition coefficient (Wildman–Crippen LogP) is 2.72. The van der Waals surface area contributed by atoms with Crippen molar-refractivity contribution in [1.29, 1.82) is 0 Å². The zero-order chi connectivity index (χ0) is 20.6. The molecule has 2 heterocycles. The highest BCUT2D eigenvalue weighted by Crippen LogP contribution is 2.38. The number of carbonyl (C=O) groups is 3. The van der Waals surface area contributed by atoms with Gasteiger partial charge in [0.25, 0.3) is 5.91 Å². The summed E-state index contributed by atoms with van der Waals surface area (Å²) in [5.74, 6) is -0.0250. The van der Waals surface area contributed by atoms with E-state index in [1.54, 1.807) is 12.1 Å². The van der Waals surface area contributed by atoms with Gasteiger partial charge in [0.05, 0.1) is 0 Å². The molecule has 156 valence electrons. The maximum absolute atomic E-state index is 13.5. The minimum Gasteiger partial charge on any atom is -0.343 e. The number of amides is 4. The van der Waals surface area contributed by atoms with Crippen LogP contribution in [0.5, 0.6) is 0 Å². The molecule has 3 fully saturated rings. The molecule has 4 rings (SSSR count). The van der Waals surface area contributed by atoms with Crippen molar-refractivity contribution in [2.45, 2.75) is 51.0 Å². The second-order valence-corrected chi connectivity index (χ2v) is 8.57. The van der Waals surface area contributed by atoms with E-state index >= 15 is 0 Å². The van der Waals surface area contributed by atoms with Gasteiger partial charge in [-0.05, 0) is 55.2 Å². The molecule has 2 saturated heterocycles. The molecule has 1 aromatic carbocycles. The largest absolute Gasteiger partial charge is 0.343 e. The third-order valence-corrected chi connectivity index (χ3v) is 6.58. The summed E-state index contributed by atoms with van der Waals surface area (Å²) in [5, 5.41) is 3.03. The summed E-state index contributed by atoms with van der Waals surface area (Å²) in [7, 11) is 0. The van der Waals surface area contributed by atoms with Crippen molar-refractivity contribution in [3.63, 3.8) is 0 Å². The molecule has 1 atom stereocenters. The quantitative estimate of drug-likeness (QED) is 0.745. The molecular formula is C22H28FN3O3. The average Bonchev–Trinajstić information content (AvgIpc) is 3.52. The Labute approximate surface area is 170 Å². The van der Waals surface area contributed by atoms with Crippen LogP contribution in [0.4, 0.5) is 9.18 Å². The molecule has 6 nitrogen and oxygen atoms in total. The second-order valence-electron chi connectivity index (χ2n) is 8.57. The lowest BCUT2D eigenvalue weighted by Gasteiger charge is -2.41. The number of carbonyl (C=O) groups excluding carboxylic acids is 3. The molecule has 0 spiro atoms. The zero-order valence-electron chi connectivity index (χ0n) is 16.8. The highest BCUT2D eigenvalue weighted by atomic mass is 19.1. The van der Waals surface area contributed by atoms with E-state index in [2.05, 4.69) is 5.32 Å². The van der Waals surface area contributed by atoms with E-state index in [4.69, 9.17) is 0 Å². The third-order valence-electron chi connectivity index (χ3n) is 6.58. The van der Waals surface area contributed by atoms with E-state index in [0.717, 1.165) is 18.4 Å². The van der Waals surface area contributed by atoms with E-state index in [0.29, 0.717) is 51.2 Å². The van der Waals surface area contributed by atoms with Gasteiger partial charge in [0.2, 0.25) is 5.91 Å². The lowest BCUT2D eigenvalue weighted by atomic mass is 9.74. The lowest BCUT2D eigenvalue weighted by molar-refractivity contribution is -0.136. The van der Waals surface area contributed by atoms with Crippen molar-refractivity contribution < 1.29 is 18.8 Å². The van der Waals surface area contributed by atoms with Crippen LogP contribution >= 0.6 is 0 Å². The Kier molecular flexibility index (Phi) is 5.32. The van der Waals surface area contributed by atoms with Gasteiger partial charge in [-0.3, -0.25) is 14.5 Å². The van der Waals surface area contributed by atoms with Gasteiger partial charge >= 0.3 is 6.03 Å². The van der Waals surface area contributed by atoms with Crippen molar-refractivity contribution in [3.8, 4) is 0 Å². The van der Waals surface area contributed by atoms with Crippen LogP contribution in [0.3, 0.4) is 0 Å². The fourth-order valence-electron chi connectivity index (χ4n) is 4.68. The first-order chi connectivity index (χ1) is 13.9. The molecule has 1 aliphatic carbocycles. The van der Waals surface area contributed by atoms with E-state index in [1.165, 1.54) is 17.0 Å². The summed E-state index contributed by atoms with van der Waals surface area (Å²) in [5.41, 5.74) is -0.203. The summed E-state index contributed by atoms with van der Waals surface area (Å²) in [6, 6.07) is 5.80. The number of urea groups is 1. The molecule has 4 amide bonds. The fourth-order valence-corrected chi connectivity index (χ4v) is 4.68. The number of nitrogens with zero attached hydrogens (tertiary/aromatic N) is 2. The number of likely N-dealkylation sites (tertiary alicyclic amines) is 1. The van der Waals surface area contributed by atoms with Crippen molar-refractivity contribution in [2.24, 2.45) is 11.8 Å². The van der Waals surface area contributed by atoms with Crippen LogP contribution in [0.15, 0.2) is 24.3 Å². The van der Waals surface area contributed by atoms with Crippen LogP contribution in [0.1, 0.15) is 44.6 Å². The fraction of sp³-hybridized carbons (Fsp3) is 0.591. The van der Waals surface area contributed by atoms with Crippen LogP contribution in [0.25, 0.3) is 0 Å². The first-order valence-electron chi connectivity index (χ1n) is 10.6. The molecule has 0 aromatic heterocycles. The summed E-state index contributed by atoms with van der Waals surface area (Å²) >= 11 is 0. The van der Waals surface area contributed by atoms with Crippen LogP contribution < -0.4 is 5.32 Å². The van der Waals surface area contributed by atoms with Gasteiger partial charge in [-0.2, -0.15) is 0 Å². The maximum atomic E-state index is 13.5. The van der Waals surface area contributed by atoms with Crippen LogP contribution in [-0.4, -0.2) is 52.8 Å². The van der Waals surface area contributed by atoms with Crippen molar-refractivity contribution in [3.05, 3.63) is 35.6 Å². The number of nitrogens with one attached hydrogen (secondary N) is 1. The highest BCUT2D eigenvalue weighted by Gasteiger charge is 2.56. The van der Waals surface area contributed by atoms with Gasteiger partial charge in [-0.1, -0.05) is 19.1 Å². The number of imide groups is 1. The summed E-state index contributed by atoms with van der Waals surface area (Å²) in [6.45, 7) is 3.51. The SMILES string of the molecule is CCC(=O)N1CCC(C2(Cc3ccc(F)cc3)NC(=O)N(CC3CC3)C2=O)CC1. The number of rotatable bonds is 6. The number of piperidine rings is 1.